The van der Waals surface area contributed by atoms with Crippen LogP contribution in [0, 0.1) is 0 Å². The van der Waals surface area contributed by atoms with Crippen LogP contribution in [0.5, 0.6) is 0 Å². The van der Waals surface area contributed by atoms with Crippen molar-refractivity contribution in [2.45, 2.75) is 37.1 Å². The average molecular weight is 470 g/mol. The van der Waals surface area contributed by atoms with Crippen LogP contribution in [0.4, 0.5) is 0 Å². The van der Waals surface area contributed by atoms with Gasteiger partial charge in [0, 0.05) is 6.20 Å². The Morgan fingerprint density at radius 1 is 1.00 bits per heavy atom. The van der Waals surface area contributed by atoms with Crippen molar-refractivity contribution in [3.63, 3.8) is 0 Å². The van der Waals surface area contributed by atoms with Crippen LogP contribution < -0.4 is 5.56 Å². The predicted octanol–water partition coefficient (Wildman–Crippen LogP) is 5.64. The monoisotopic (exact) mass is 469 g/mol. The molecule has 34 heavy (non-hydrogen) atoms. The Labute approximate surface area is 200 Å². The van der Waals surface area contributed by atoms with E-state index >= 15 is 0 Å². The fraction of sp³-hybridized carbons (Fsp3) is 0.192. The third-order valence-electron chi connectivity index (χ3n) is 5.76. The summed E-state index contributed by atoms with van der Waals surface area (Å²) in [6.45, 7) is 4.37. The Hall–Kier alpha value is -3.78. The lowest BCUT2D eigenvalue weighted by Gasteiger charge is -2.14. The van der Waals surface area contributed by atoms with Gasteiger partial charge in [0.2, 0.25) is 11.7 Å². The molecular formula is C26H23N5O2S. The van der Waals surface area contributed by atoms with Gasteiger partial charge < -0.3 is 4.52 Å². The summed E-state index contributed by atoms with van der Waals surface area (Å²) in [4.78, 5) is 27.0. The first-order chi connectivity index (χ1) is 16.6. The van der Waals surface area contributed by atoms with Crippen molar-refractivity contribution < 1.29 is 4.52 Å². The molecule has 0 saturated carbocycles. The van der Waals surface area contributed by atoms with E-state index in [2.05, 4.69) is 41.1 Å². The highest BCUT2D eigenvalue weighted by atomic mass is 32.2. The molecule has 1 atom stereocenters. The molecule has 0 fully saturated rings. The Balaban J connectivity index is 1.50. The second-order valence-corrected chi connectivity index (χ2v) is 8.91. The first kappa shape index (κ1) is 22.0. The van der Waals surface area contributed by atoms with Crippen LogP contribution in [0.25, 0.3) is 28.1 Å². The van der Waals surface area contributed by atoms with Crippen LogP contribution in [-0.4, -0.2) is 24.7 Å². The van der Waals surface area contributed by atoms with Crippen molar-refractivity contribution in [2.24, 2.45) is 0 Å². The van der Waals surface area contributed by atoms with Gasteiger partial charge in [0.1, 0.15) is 5.69 Å². The number of thioether (sulfide) groups is 1. The maximum atomic E-state index is 13.5. The Morgan fingerprint density at radius 3 is 2.56 bits per heavy atom. The van der Waals surface area contributed by atoms with Gasteiger partial charge in [0.05, 0.1) is 22.3 Å². The van der Waals surface area contributed by atoms with Crippen LogP contribution >= 0.6 is 11.8 Å². The van der Waals surface area contributed by atoms with Crippen molar-refractivity contribution in [3.05, 3.63) is 94.7 Å². The van der Waals surface area contributed by atoms with E-state index < -0.39 is 0 Å². The highest BCUT2D eigenvalue weighted by Gasteiger charge is 2.16. The molecule has 2 aromatic carbocycles. The summed E-state index contributed by atoms with van der Waals surface area (Å²) in [7, 11) is 0. The predicted molar refractivity (Wildman–Crippen MR) is 133 cm³/mol. The molecule has 0 radical (unpaired) electrons. The summed E-state index contributed by atoms with van der Waals surface area (Å²) >= 11 is 1.38. The molecule has 0 N–H and O–H groups in total. The molecule has 0 saturated heterocycles. The maximum Gasteiger partial charge on any atom is 0.266 e. The molecular weight excluding hydrogens is 446 g/mol. The summed E-state index contributed by atoms with van der Waals surface area (Å²) in [6, 6.07) is 21.0. The fourth-order valence-corrected chi connectivity index (χ4v) is 4.51. The van der Waals surface area contributed by atoms with E-state index in [1.54, 1.807) is 16.8 Å². The lowest BCUT2D eigenvalue weighted by Crippen LogP contribution is -2.21. The topological polar surface area (TPSA) is 86.7 Å². The smallest absolute Gasteiger partial charge is 0.266 e. The molecule has 5 aromatic rings. The van der Waals surface area contributed by atoms with E-state index in [9.17, 15) is 4.79 Å². The van der Waals surface area contributed by atoms with Gasteiger partial charge >= 0.3 is 0 Å². The number of hydrogen-bond donors (Lipinski definition) is 0. The van der Waals surface area contributed by atoms with Crippen molar-refractivity contribution in [2.75, 3.05) is 0 Å². The van der Waals surface area contributed by atoms with Crippen LogP contribution in [0.15, 0.2) is 87.4 Å². The normalized spacial score (nSPS) is 12.2. The third kappa shape index (κ3) is 4.36. The van der Waals surface area contributed by atoms with Gasteiger partial charge in [0.15, 0.2) is 5.16 Å². The highest BCUT2D eigenvalue weighted by Crippen LogP contribution is 2.26. The van der Waals surface area contributed by atoms with Gasteiger partial charge in [-0.1, -0.05) is 61.1 Å². The molecule has 8 heteroatoms. The number of hydrogen-bond acceptors (Lipinski definition) is 7. The van der Waals surface area contributed by atoms with E-state index in [0.29, 0.717) is 45.1 Å². The second kappa shape index (κ2) is 9.61. The second-order valence-electron chi connectivity index (χ2n) is 7.97. The molecule has 0 aliphatic rings. The summed E-state index contributed by atoms with van der Waals surface area (Å²) in [5.74, 6) is 1.70. The molecule has 0 aliphatic carbocycles. The number of benzene rings is 2. The van der Waals surface area contributed by atoms with E-state index in [1.165, 1.54) is 17.3 Å². The van der Waals surface area contributed by atoms with Crippen molar-refractivity contribution in [1.29, 1.82) is 0 Å². The zero-order chi connectivity index (χ0) is 23.5. The minimum absolute atomic E-state index is 0.107. The van der Waals surface area contributed by atoms with E-state index in [4.69, 9.17) is 9.51 Å². The minimum atomic E-state index is -0.107. The lowest BCUT2D eigenvalue weighted by molar-refractivity contribution is 0.391. The number of rotatable bonds is 7. The molecule has 0 bridgehead atoms. The van der Waals surface area contributed by atoms with E-state index in [0.717, 1.165) is 12.1 Å². The molecule has 170 valence electrons. The standard InChI is InChI=1S/C26H23N5O2S/c1-3-17(2)18-11-13-19(14-12-18)31-25(32)20-8-4-5-9-21(20)28-26(31)34-16-23-29-24(30-33-23)22-10-6-7-15-27-22/h4-15,17H,3,16H2,1-2H3. The Kier molecular flexibility index (Phi) is 6.22. The molecule has 1 unspecified atom stereocenters. The van der Waals surface area contributed by atoms with Crippen LogP contribution in [0.2, 0.25) is 0 Å². The molecule has 0 aliphatic heterocycles. The third-order valence-corrected chi connectivity index (χ3v) is 6.69. The van der Waals surface area contributed by atoms with Gasteiger partial charge in [-0.05, 0) is 54.3 Å². The summed E-state index contributed by atoms with van der Waals surface area (Å²) in [5, 5.41) is 5.17. The molecule has 3 heterocycles. The number of nitrogens with zero attached hydrogens (tertiary/aromatic N) is 5. The van der Waals surface area contributed by atoms with Crippen molar-refractivity contribution in [3.8, 4) is 17.2 Å². The number of aromatic nitrogens is 5. The van der Waals surface area contributed by atoms with E-state index in [-0.39, 0.29) is 5.56 Å². The quantitative estimate of drug-likeness (QED) is 0.225. The molecule has 0 amide bonds. The minimum Gasteiger partial charge on any atom is -0.338 e. The lowest BCUT2D eigenvalue weighted by atomic mass is 9.98. The van der Waals surface area contributed by atoms with Gasteiger partial charge in [-0.2, -0.15) is 4.98 Å². The number of fused-ring (bicyclic) bond motifs is 1. The maximum absolute atomic E-state index is 13.5. The summed E-state index contributed by atoms with van der Waals surface area (Å²) < 4.78 is 7.08. The average Bonchev–Trinajstić information content (AvgIpc) is 3.37. The van der Waals surface area contributed by atoms with Crippen LogP contribution in [0.3, 0.4) is 0 Å². The van der Waals surface area contributed by atoms with E-state index in [1.807, 2.05) is 48.5 Å². The first-order valence-electron chi connectivity index (χ1n) is 11.1. The Bertz CT molecular complexity index is 1480. The van der Waals surface area contributed by atoms with Gasteiger partial charge in [-0.25, -0.2) is 4.98 Å². The number of pyridine rings is 1. The molecule has 5 rings (SSSR count). The zero-order valence-electron chi connectivity index (χ0n) is 18.9. The van der Waals surface area contributed by atoms with Crippen molar-refractivity contribution >= 4 is 22.7 Å². The summed E-state index contributed by atoms with van der Waals surface area (Å²) in [6.07, 6.45) is 2.74. The molecule has 3 aromatic heterocycles. The SMILES string of the molecule is CCC(C)c1ccc(-n2c(SCc3nc(-c4ccccn4)no3)nc3ccccc3c2=O)cc1. The van der Waals surface area contributed by atoms with Crippen molar-refractivity contribution in [1.82, 2.24) is 24.7 Å². The number of para-hydroxylation sites is 1. The summed E-state index contributed by atoms with van der Waals surface area (Å²) in [5.41, 5.74) is 3.21. The highest BCUT2D eigenvalue weighted by molar-refractivity contribution is 7.98. The van der Waals surface area contributed by atoms with Gasteiger partial charge in [0.25, 0.3) is 5.56 Å². The van der Waals surface area contributed by atoms with Gasteiger partial charge in [-0.15, -0.1) is 0 Å². The molecule has 7 nitrogen and oxygen atoms in total. The van der Waals surface area contributed by atoms with Crippen LogP contribution in [0.1, 0.15) is 37.6 Å². The fourth-order valence-electron chi connectivity index (χ4n) is 3.66. The largest absolute Gasteiger partial charge is 0.338 e. The zero-order valence-corrected chi connectivity index (χ0v) is 19.7. The first-order valence-corrected chi connectivity index (χ1v) is 12.1. The van der Waals surface area contributed by atoms with Crippen LogP contribution in [-0.2, 0) is 5.75 Å². The Morgan fingerprint density at radius 2 is 1.79 bits per heavy atom. The molecule has 0 spiro atoms. The van der Waals surface area contributed by atoms with Gasteiger partial charge in [-0.3, -0.25) is 14.3 Å².